The summed E-state index contributed by atoms with van der Waals surface area (Å²) in [5, 5.41) is 26.9. The topological polar surface area (TPSA) is 60.7 Å². The van der Waals surface area contributed by atoms with Crippen LogP contribution in [0.1, 0.15) is 5.56 Å². The number of hydrogen-bond donors (Lipinski definition) is 3. The van der Waals surface area contributed by atoms with Gasteiger partial charge in [0, 0.05) is 5.02 Å². The molecule has 0 radical (unpaired) electrons. The molecule has 0 spiro atoms. The Balaban J connectivity index is 0.000000171. The molecule has 4 heteroatoms. The first-order chi connectivity index (χ1) is 8.00. The number of aryl methyl sites for hydroxylation is 1. The van der Waals surface area contributed by atoms with E-state index in [1.807, 2.05) is 6.92 Å². The van der Waals surface area contributed by atoms with Gasteiger partial charge in [-0.3, -0.25) is 0 Å². The van der Waals surface area contributed by atoms with Crippen molar-refractivity contribution in [3.8, 4) is 17.2 Å². The van der Waals surface area contributed by atoms with E-state index in [1.54, 1.807) is 30.3 Å². The van der Waals surface area contributed by atoms with Gasteiger partial charge in [0.15, 0.2) is 11.5 Å². The quantitative estimate of drug-likeness (QED) is 0.630. The highest BCUT2D eigenvalue weighted by Crippen LogP contribution is 2.21. The molecule has 3 nitrogen and oxygen atoms in total. The first-order valence-corrected chi connectivity index (χ1v) is 5.30. The van der Waals surface area contributed by atoms with E-state index >= 15 is 0 Å². The number of hydrogen-bond acceptors (Lipinski definition) is 3. The number of rotatable bonds is 0. The van der Waals surface area contributed by atoms with Crippen LogP contribution in [0, 0.1) is 6.92 Å². The third kappa shape index (κ3) is 4.25. The van der Waals surface area contributed by atoms with Gasteiger partial charge in [0.2, 0.25) is 0 Å². The first-order valence-electron chi connectivity index (χ1n) is 4.93. The van der Waals surface area contributed by atoms with Crippen molar-refractivity contribution in [1.29, 1.82) is 0 Å². The summed E-state index contributed by atoms with van der Waals surface area (Å²) < 4.78 is 0. The fourth-order valence-electron chi connectivity index (χ4n) is 1.09. The second kappa shape index (κ2) is 6.01. The Morgan fingerprint density at radius 1 is 0.882 bits per heavy atom. The van der Waals surface area contributed by atoms with Gasteiger partial charge in [-0.25, -0.2) is 0 Å². The summed E-state index contributed by atoms with van der Waals surface area (Å²) in [5.41, 5.74) is 0.900. The minimum absolute atomic E-state index is 0.0764. The van der Waals surface area contributed by atoms with Crippen molar-refractivity contribution in [2.24, 2.45) is 0 Å². The van der Waals surface area contributed by atoms with Crippen LogP contribution < -0.4 is 0 Å². The Labute approximate surface area is 105 Å². The van der Waals surface area contributed by atoms with E-state index in [9.17, 15) is 0 Å². The molecule has 0 aliphatic rings. The number of phenols is 3. The van der Waals surface area contributed by atoms with E-state index in [4.69, 9.17) is 26.9 Å². The van der Waals surface area contributed by atoms with Crippen LogP contribution in [0.15, 0.2) is 42.5 Å². The highest BCUT2D eigenvalue weighted by Gasteiger charge is 1.93. The van der Waals surface area contributed by atoms with Crippen LogP contribution in [-0.4, -0.2) is 15.3 Å². The molecule has 0 heterocycles. The van der Waals surface area contributed by atoms with Crippen LogP contribution in [0.25, 0.3) is 0 Å². The lowest BCUT2D eigenvalue weighted by molar-refractivity contribution is 0.404. The number of phenolic OH excluding ortho intramolecular Hbond substituents is 3. The van der Waals surface area contributed by atoms with Crippen LogP contribution in [0.3, 0.4) is 0 Å². The number of aromatic hydroxyl groups is 3. The van der Waals surface area contributed by atoms with Gasteiger partial charge in [0.1, 0.15) is 5.75 Å². The molecule has 0 saturated carbocycles. The number of para-hydroxylation sites is 2. The summed E-state index contributed by atoms with van der Waals surface area (Å²) in [6.07, 6.45) is 0. The zero-order valence-electron chi connectivity index (χ0n) is 9.26. The predicted molar refractivity (Wildman–Crippen MR) is 67.6 cm³/mol. The summed E-state index contributed by atoms with van der Waals surface area (Å²) in [6, 6.07) is 11.0. The Morgan fingerprint density at radius 2 is 1.41 bits per heavy atom. The Hall–Kier alpha value is -1.87. The molecule has 0 bridgehead atoms. The molecule has 2 aromatic carbocycles. The van der Waals surface area contributed by atoms with E-state index in [-0.39, 0.29) is 17.2 Å². The predicted octanol–water partition coefficient (Wildman–Crippen LogP) is 3.45. The SMILES string of the molecule is Cc1cc(O)ccc1Cl.Oc1ccccc1O. The van der Waals surface area contributed by atoms with E-state index in [0.29, 0.717) is 5.02 Å². The molecule has 0 fully saturated rings. The van der Waals surface area contributed by atoms with Crippen LogP contribution in [0.4, 0.5) is 0 Å². The first kappa shape index (κ1) is 13.2. The van der Waals surface area contributed by atoms with Crippen LogP contribution >= 0.6 is 11.6 Å². The second-order valence-electron chi connectivity index (χ2n) is 3.42. The molecule has 0 atom stereocenters. The summed E-state index contributed by atoms with van der Waals surface area (Å²) in [5.74, 6) is 0.108. The number of benzene rings is 2. The van der Waals surface area contributed by atoms with E-state index in [2.05, 4.69) is 0 Å². The molecule has 3 N–H and O–H groups in total. The fraction of sp³-hybridized carbons (Fsp3) is 0.0769. The molecule has 0 amide bonds. The van der Waals surface area contributed by atoms with Gasteiger partial charge in [-0.2, -0.15) is 0 Å². The molecule has 17 heavy (non-hydrogen) atoms. The Bertz CT molecular complexity index is 477. The van der Waals surface area contributed by atoms with Gasteiger partial charge < -0.3 is 15.3 Å². The van der Waals surface area contributed by atoms with E-state index < -0.39 is 0 Å². The summed E-state index contributed by atoms with van der Waals surface area (Å²) >= 11 is 5.67. The maximum absolute atomic E-state index is 8.88. The van der Waals surface area contributed by atoms with Crippen LogP contribution in [0.5, 0.6) is 17.2 Å². The van der Waals surface area contributed by atoms with E-state index in [1.165, 1.54) is 12.1 Å². The van der Waals surface area contributed by atoms with Crippen molar-refractivity contribution >= 4 is 11.6 Å². The third-order valence-corrected chi connectivity index (χ3v) is 2.45. The maximum atomic E-state index is 8.88. The molecule has 90 valence electrons. The zero-order chi connectivity index (χ0) is 12.8. The van der Waals surface area contributed by atoms with Crippen molar-refractivity contribution in [3.05, 3.63) is 53.1 Å². The largest absolute Gasteiger partial charge is 0.508 e. The highest BCUT2D eigenvalue weighted by molar-refractivity contribution is 6.31. The lowest BCUT2D eigenvalue weighted by atomic mass is 10.2. The minimum atomic E-state index is -0.0764. The summed E-state index contributed by atoms with van der Waals surface area (Å²) in [4.78, 5) is 0. The van der Waals surface area contributed by atoms with Crippen LogP contribution in [-0.2, 0) is 0 Å². The van der Waals surface area contributed by atoms with Crippen molar-refractivity contribution in [2.75, 3.05) is 0 Å². The minimum Gasteiger partial charge on any atom is -0.508 e. The lowest BCUT2D eigenvalue weighted by Crippen LogP contribution is -1.71. The van der Waals surface area contributed by atoms with Gasteiger partial charge in [0.25, 0.3) is 0 Å². The van der Waals surface area contributed by atoms with Gasteiger partial charge in [-0.05, 0) is 42.8 Å². The number of halogens is 1. The average molecular weight is 253 g/mol. The molecule has 0 saturated heterocycles. The van der Waals surface area contributed by atoms with Gasteiger partial charge >= 0.3 is 0 Å². The van der Waals surface area contributed by atoms with Gasteiger partial charge in [0.05, 0.1) is 0 Å². The average Bonchev–Trinajstić information content (AvgIpc) is 2.29. The molecule has 0 aromatic heterocycles. The van der Waals surface area contributed by atoms with Crippen molar-refractivity contribution in [2.45, 2.75) is 6.92 Å². The lowest BCUT2D eigenvalue weighted by Gasteiger charge is -1.95. The standard InChI is InChI=1S/C7H7ClO.C6H6O2/c1-5-4-6(9)2-3-7(5)8;7-5-3-1-2-4-6(5)8/h2-4,9H,1H3;1-4,7-8H. The van der Waals surface area contributed by atoms with Gasteiger partial charge in [-0.1, -0.05) is 23.7 Å². The molecular weight excluding hydrogens is 240 g/mol. The van der Waals surface area contributed by atoms with Crippen LogP contribution in [0.2, 0.25) is 5.02 Å². The summed E-state index contributed by atoms with van der Waals surface area (Å²) in [6.45, 7) is 1.85. The Kier molecular flexibility index (Phi) is 4.67. The monoisotopic (exact) mass is 252 g/mol. The fourth-order valence-corrected chi connectivity index (χ4v) is 1.21. The molecule has 0 aliphatic carbocycles. The Morgan fingerprint density at radius 3 is 1.76 bits per heavy atom. The molecular formula is C13H13ClO3. The van der Waals surface area contributed by atoms with Crippen molar-refractivity contribution in [3.63, 3.8) is 0 Å². The highest BCUT2D eigenvalue weighted by atomic mass is 35.5. The smallest absolute Gasteiger partial charge is 0.157 e. The van der Waals surface area contributed by atoms with Crippen molar-refractivity contribution < 1.29 is 15.3 Å². The molecule has 0 aliphatic heterocycles. The normalized spacial score (nSPS) is 9.29. The second-order valence-corrected chi connectivity index (χ2v) is 3.83. The maximum Gasteiger partial charge on any atom is 0.157 e. The third-order valence-electron chi connectivity index (χ3n) is 2.02. The van der Waals surface area contributed by atoms with E-state index in [0.717, 1.165) is 5.56 Å². The summed E-state index contributed by atoms with van der Waals surface area (Å²) in [7, 11) is 0. The molecule has 2 rings (SSSR count). The molecule has 0 unspecified atom stereocenters. The van der Waals surface area contributed by atoms with Gasteiger partial charge in [-0.15, -0.1) is 0 Å². The van der Waals surface area contributed by atoms with Crippen molar-refractivity contribution in [1.82, 2.24) is 0 Å². The zero-order valence-corrected chi connectivity index (χ0v) is 10.0. The molecule has 2 aromatic rings.